The molecule has 0 fully saturated rings. The van der Waals surface area contributed by atoms with E-state index in [1.54, 1.807) is 0 Å². The summed E-state index contributed by atoms with van der Waals surface area (Å²) in [5, 5.41) is 9.98. The van der Waals surface area contributed by atoms with Gasteiger partial charge in [-0.3, -0.25) is 10.1 Å². The van der Waals surface area contributed by atoms with Crippen LogP contribution in [0, 0.1) is 13.8 Å². The summed E-state index contributed by atoms with van der Waals surface area (Å²) in [6, 6.07) is 11.4. The van der Waals surface area contributed by atoms with Crippen LogP contribution in [0.4, 0.5) is 6.01 Å². The van der Waals surface area contributed by atoms with Crippen molar-refractivity contribution in [3.63, 3.8) is 0 Å². The Morgan fingerprint density at radius 3 is 2.32 bits per heavy atom. The Bertz CT molecular complexity index is 1080. The van der Waals surface area contributed by atoms with E-state index in [-0.39, 0.29) is 16.8 Å². The Morgan fingerprint density at radius 1 is 1.07 bits per heavy atom. The average molecular weight is 401 g/mol. The van der Waals surface area contributed by atoms with E-state index in [9.17, 15) is 13.2 Å². The molecule has 0 saturated carbocycles. The second-order valence-electron chi connectivity index (χ2n) is 6.27. The number of rotatable bonds is 6. The predicted molar refractivity (Wildman–Crippen MR) is 103 cm³/mol. The lowest BCUT2D eigenvalue weighted by Gasteiger charge is -2.05. The number of amides is 1. The summed E-state index contributed by atoms with van der Waals surface area (Å²) in [4.78, 5) is 12.2. The van der Waals surface area contributed by atoms with Crippen LogP contribution in [0.25, 0.3) is 11.5 Å². The molecule has 3 aromatic rings. The fourth-order valence-electron chi connectivity index (χ4n) is 2.68. The molecule has 0 aliphatic carbocycles. The van der Waals surface area contributed by atoms with Crippen LogP contribution in [0.15, 0.2) is 51.8 Å². The number of anilines is 1. The standard InChI is InChI=1S/C19H19N3O5S/c1-12-8-13(2)10-14(9-12)18-21-22-19(27-18)20-17(23)11-28(24,25)16-6-4-15(26-3)5-7-16/h4-10H,11H2,1-3H3,(H,20,22,23). The summed E-state index contributed by atoms with van der Waals surface area (Å²) < 4.78 is 35.2. The van der Waals surface area contributed by atoms with E-state index in [1.165, 1.54) is 31.4 Å². The molecule has 0 radical (unpaired) electrons. The molecule has 0 bridgehead atoms. The van der Waals surface area contributed by atoms with E-state index >= 15 is 0 Å². The molecule has 0 atom stereocenters. The van der Waals surface area contributed by atoms with Crippen molar-refractivity contribution in [3.05, 3.63) is 53.6 Å². The van der Waals surface area contributed by atoms with Gasteiger partial charge in [-0.2, -0.15) is 0 Å². The molecular formula is C19H19N3O5S. The van der Waals surface area contributed by atoms with Crippen LogP contribution in [0.3, 0.4) is 0 Å². The number of ether oxygens (including phenoxy) is 1. The van der Waals surface area contributed by atoms with E-state index in [0.29, 0.717) is 5.75 Å². The summed E-state index contributed by atoms with van der Waals surface area (Å²) >= 11 is 0. The third-order valence-electron chi connectivity index (χ3n) is 3.88. The monoisotopic (exact) mass is 401 g/mol. The number of carbonyl (C=O) groups excluding carboxylic acids is 1. The zero-order valence-corrected chi connectivity index (χ0v) is 16.4. The highest BCUT2D eigenvalue weighted by Gasteiger charge is 2.21. The third kappa shape index (κ3) is 4.55. The minimum atomic E-state index is -3.82. The molecule has 0 aliphatic heterocycles. The van der Waals surface area contributed by atoms with Gasteiger partial charge in [0.2, 0.25) is 11.8 Å². The number of nitrogens with zero attached hydrogens (tertiary/aromatic N) is 2. The van der Waals surface area contributed by atoms with Crippen molar-refractivity contribution >= 4 is 21.8 Å². The van der Waals surface area contributed by atoms with Gasteiger partial charge >= 0.3 is 6.01 Å². The van der Waals surface area contributed by atoms with Crippen molar-refractivity contribution in [1.82, 2.24) is 10.2 Å². The molecule has 0 unspecified atom stereocenters. The third-order valence-corrected chi connectivity index (χ3v) is 5.51. The van der Waals surface area contributed by atoms with Gasteiger partial charge in [-0.15, -0.1) is 5.10 Å². The molecule has 1 amide bonds. The first kappa shape index (κ1) is 19.6. The first-order valence-electron chi connectivity index (χ1n) is 8.36. The number of hydrogen-bond acceptors (Lipinski definition) is 7. The molecule has 3 rings (SSSR count). The highest BCUT2D eigenvalue weighted by Crippen LogP contribution is 2.23. The Labute approximate surface area is 162 Å². The van der Waals surface area contributed by atoms with Gasteiger partial charge in [-0.25, -0.2) is 8.42 Å². The molecule has 2 aromatic carbocycles. The molecule has 0 spiro atoms. The van der Waals surface area contributed by atoms with Crippen molar-refractivity contribution in [2.75, 3.05) is 18.2 Å². The molecule has 8 nitrogen and oxygen atoms in total. The maximum atomic E-state index is 12.4. The van der Waals surface area contributed by atoms with E-state index < -0.39 is 21.5 Å². The van der Waals surface area contributed by atoms with Crippen molar-refractivity contribution in [2.24, 2.45) is 0 Å². The molecule has 1 heterocycles. The number of carbonyl (C=O) groups is 1. The molecular weight excluding hydrogens is 382 g/mol. The average Bonchev–Trinajstić information content (AvgIpc) is 3.09. The minimum Gasteiger partial charge on any atom is -0.497 e. The van der Waals surface area contributed by atoms with Crippen LogP contribution in [0.5, 0.6) is 5.75 Å². The van der Waals surface area contributed by atoms with Gasteiger partial charge in [0.05, 0.1) is 12.0 Å². The number of sulfone groups is 1. The zero-order valence-electron chi connectivity index (χ0n) is 15.6. The number of benzene rings is 2. The van der Waals surface area contributed by atoms with Crippen LogP contribution in [-0.4, -0.2) is 37.4 Å². The lowest BCUT2D eigenvalue weighted by atomic mass is 10.1. The van der Waals surface area contributed by atoms with Crippen molar-refractivity contribution in [2.45, 2.75) is 18.7 Å². The summed E-state index contributed by atoms with van der Waals surface area (Å²) in [6.07, 6.45) is 0. The second kappa shape index (κ2) is 7.81. The van der Waals surface area contributed by atoms with Gasteiger partial charge in [0.1, 0.15) is 11.5 Å². The second-order valence-corrected chi connectivity index (χ2v) is 8.26. The summed E-state index contributed by atoms with van der Waals surface area (Å²) in [5.74, 6) is -0.764. The predicted octanol–water partition coefficient (Wildman–Crippen LogP) is 2.77. The van der Waals surface area contributed by atoms with Gasteiger partial charge < -0.3 is 9.15 Å². The maximum absolute atomic E-state index is 12.4. The van der Waals surface area contributed by atoms with Crippen LogP contribution in [0.2, 0.25) is 0 Å². The molecule has 0 aliphatic rings. The van der Waals surface area contributed by atoms with Gasteiger partial charge in [-0.05, 0) is 50.2 Å². The van der Waals surface area contributed by atoms with Gasteiger partial charge in [0.25, 0.3) is 0 Å². The van der Waals surface area contributed by atoms with Crippen LogP contribution >= 0.6 is 0 Å². The van der Waals surface area contributed by atoms with Crippen molar-refractivity contribution in [3.8, 4) is 17.2 Å². The van der Waals surface area contributed by atoms with Crippen LogP contribution in [0.1, 0.15) is 11.1 Å². The number of aromatic nitrogens is 2. The number of aryl methyl sites for hydroxylation is 2. The molecule has 1 aromatic heterocycles. The molecule has 28 heavy (non-hydrogen) atoms. The SMILES string of the molecule is COc1ccc(S(=O)(=O)CC(=O)Nc2nnc(-c3cc(C)cc(C)c3)o2)cc1. The number of hydrogen-bond donors (Lipinski definition) is 1. The smallest absolute Gasteiger partial charge is 0.322 e. The molecule has 1 N–H and O–H groups in total. The Morgan fingerprint density at radius 2 is 1.71 bits per heavy atom. The lowest BCUT2D eigenvalue weighted by Crippen LogP contribution is -2.23. The fourth-order valence-corrected chi connectivity index (χ4v) is 3.82. The first-order chi connectivity index (χ1) is 13.3. The molecule has 9 heteroatoms. The molecule has 0 saturated heterocycles. The van der Waals surface area contributed by atoms with Crippen LogP contribution < -0.4 is 10.1 Å². The zero-order chi connectivity index (χ0) is 20.3. The fraction of sp³-hybridized carbons (Fsp3) is 0.211. The lowest BCUT2D eigenvalue weighted by molar-refractivity contribution is -0.114. The quantitative estimate of drug-likeness (QED) is 0.676. The highest BCUT2D eigenvalue weighted by atomic mass is 32.2. The van der Waals surface area contributed by atoms with E-state index in [2.05, 4.69) is 15.5 Å². The summed E-state index contributed by atoms with van der Waals surface area (Å²) in [6.45, 7) is 3.89. The van der Waals surface area contributed by atoms with Crippen molar-refractivity contribution < 1.29 is 22.4 Å². The van der Waals surface area contributed by atoms with Gasteiger partial charge in [0.15, 0.2) is 9.84 Å². The summed E-state index contributed by atoms with van der Waals surface area (Å²) in [7, 11) is -2.34. The topological polar surface area (TPSA) is 111 Å². The van der Waals surface area contributed by atoms with E-state index in [4.69, 9.17) is 9.15 Å². The van der Waals surface area contributed by atoms with Gasteiger partial charge in [0, 0.05) is 5.56 Å². The van der Waals surface area contributed by atoms with E-state index in [0.717, 1.165) is 16.7 Å². The Balaban J connectivity index is 1.70. The number of nitrogens with one attached hydrogen (secondary N) is 1. The normalized spacial score (nSPS) is 11.2. The Kier molecular flexibility index (Phi) is 5.46. The largest absolute Gasteiger partial charge is 0.497 e. The minimum absolute atomic E-state index is 0.0184. The Hall–Kier alpha value is -3.20. The number of methoxy groups -OCH3 is 1. The van der Waals surface area contributed by atoms with E-state index in [1.807, 2.05) is 32.0 Å². The first-order valence-corrected chi connectivity index (χ1v) is 10.0. The van der Waals surface area contributed by atoms with Crippen LogP contribution in [-0.2, 0) is 14.6 Å². The summed E-state index contributed by atoms with van der Waals surface area (Å²) in [5.41, 5.74) is 2.78. The maximum Gasteiger partial charge on any atom is 0.322 e. The highest BCUT2D eigenvalue weighted by molar-refractivity contribution is 7.92. The molecule has 146 valence electrons. The van der Waals surface area contributed by atoms with Crippen molar-refractivity contribution in [1.29, 1.82) is 0 Å². The van der Waals surface area contributed by atoms with Gasteiger partial charge in [-0.1, -0.05) is 22.3 Å².